The predicted molar refractivity (Wildman–Crippen MR) is 74.5 cm³/mol. The number of rotatable bonds is 4. The highest BCUT2D eigenvalue weighted by Crippen LogP contribution is 2.17. The zero-order valence-electron chi connectivity index (χ0n) is 12.1. The Morgan fingerprint density at radius 1 is 1.50 bits per heavy atom. The average Bonchev–Trinajstić information content (AvgIpc) is 2.70. The molecule has 4 heteroatoms. The van der Waals surface area contributed by atoms with E-state index in [9.17, 15) is 0 Å². The molecule has 1 N–H and O–H groups in total. The van der Waals surface area contributed by atoms with Crippen LogP contribution in [-0.2, 0) is 13.1 Å². The van der Waals surface area contributed by atoms with Crippen LogP contribution in [0.25, 0.3) is 0 Å². The Hall–Kier alpha value is -0.870. The minimum atomic E-state index is 0.638. The summed E-state index contributed by atoms with van der Waals surface area (Å²) in [5.74, 6) is 0.692. The van der Waals surface area contributed by atoms with Crippen LogP contribution in [0.5, 0.6) is 0 Å². The fourth-order valence-corrected chi connectivity index (χ4v) is 2.83. The van der Waals surface area contributed by atoms with Crippen molar-refractivity contribution in [2.24, 2.45) is 5.92 Å². The molecule has 0 aliphatic carbocycles. The molecule has 0 radical (unpaired) electrons. The molecule has 1 saturated heterocycles. The summed E-state index contributed by atoms with van der Waals surface area (Å²) in [6.45, 7) is 14.2. The zero-order chi connectivity index (χ0) is 13.1. The topological polar surface area (TPSA) is 33.1 Å². The first-order chi connectivity index (χ1) is 8.61. The maximum atomic E-state index is 4.54. The van der Waals surface area contributed by atoms with Gasteiger partial charge in [0.2, 0.25) is 0 Å². The zero-order valence-corrected chi connectivity index (χ0v) is 12.1. The Balaban J connectivity index is 2.10. The molecule has 1 fully saturated rings. The van der Waals surface area contributed by atoms with Gasteiger partial charge >= 0.3 is 0 Å². The Kier molecular flexibility index (Phi) is 4.40. The highest BCUT2D eigenvalue weighted by molar-refractivity contribution is 5.09. The quantitative estimate of drug-likeness (QED) is 0.882. The number of aryl methyl sites for hydroxylation is 2. The summed E-state index contributed by atoms with van der Waals surface area (Å²) in [4.78, 5) is 2.60. The van der Waals surface area contributed by atoms with Crippen LogP contribution in [0.3, 0.4) is 0 Å². The van der Waals surface area contributed by atoms with Crippen LogP contribution >= 0.6 is 0 Å². The molecule has 1 aliphatic heterocycles. The van der Waals surface area contributed by atoms with Crippen LogP contribution in [0, 0.1) is 12.8 Å². The summed E-state index contributed by atoms with van der Waals surface area (Å²) >= 11 is 0. The molecule has 0 saturated carbocycles. The van der Waals surface area contributed by atoms with Crippen molar-refractivity contribution < 1.29 is 0 Å². The maximum Gasteiger partial charge on any atom is 0.0597 e. The van der Waals surface area contributed by atoms with Gasteiger partial charge in [-0.15, -0.1) is 0 Å². The van der Waals surface area contributed by atoms with E-state index >= 15 is 0 Å². The van der Waals surface area contributed by atoms with Crippen molar-refractivity contribution in [3.8, 4) is 0 Å². The van der Waals surface area contributed by atoms with Gasteiger partial charge in [0.25, 0.3) is 0 Å². The SMILES string of the molecule is CCn1nc(C)cc1CN1CCNCC1C(C)C. The highest BCUT2D eigenvalue weighted by atomic mass is 15.3. The lowest BCUT2D eigenvalue weighted by atomic mass is 10.0. The van der Waals surface area contributed by atoms with Gasteiger partial charge in [0, 0.05) is 38.8 Å². The van der Waals surface area contributed by atoms with Crippen LogP contribution in [0.15, 0.2) is 6.07 Å². The van der Waals surface area contributed by atoms with Gasteiger partial charge in [-0.25, -0.2) is 0 Å². The summed E-state index contributed by atoms with van der Waals surface area (Å²) in [5.41, 5.74) is 2.48. The second-order valence-corrected chi connectivity index (χ2v) is 5.58. The van der Waals surface area contributed by atoms with Crippen LogP contribution in [-0.4, -0.2) is 40.4 Å². The summed E-state index contributed by atoms with van der Waals surface area (Å²) < 4.78 is 2.13. The van der Waals surface area contributed by atoms with Crippen molar-refractivity contribution in [3.05, 3.63) is 17.5 Å². The summed E-state index contributed by atoms with van der Waals surface area (Å²) in [6.07, 6.45) is 0. The third-order valence-electron chi connectivity index (χ3n) is 3.82. The average molecular weight is 250 g/mol. The van der Waals surface area contributed by atoms with E-state index in [1.54, 1.807) is 0 Å². The summed E-state index contributed by atoms with van der Waals surface area (Å²) in [5, 5.41) is 8.04. The lowest BCUT2D eigenvalue weighted by molar-refractivity contribution is 0.114. The van der Waals surface area contributed by atoms with Crippen LogP contribution < -0.4 is 5.32 Å². The van der Waals surface area contributed by atoms with Crippen LogP contribution in [0.1, 0.15) is 32.2 Å². The van der Waals surface area contributed by atoms with Gasteiger partial charge in [0.1, 0.15) is 0 Å². The molecule has 18 heavy (non-hydrogen) atoms. The molecule has 1 aliphatic rings. The number of piperazine rings is 1. The fraction of sp³-hybridized carbons (Fsp3) is 0.786. The normalized spacial score (nSPS) is 21.7. The van der Waals surface area contributed by atoms with Crippen molar-refractivity contribution in [3.63, 3.8) is 0 Å². The molecule has 2 rings (SSSR count). The molecule has 0 spiro atoms. The number of hydrogen-bond donors (Lipinski definition) is 1. The van der Waals surface area contributed by atoms with Gasteiger partial charge < -0.3 is 5.32 Å². The minimum Gasteiger partial charge on any atom is -0.314 e. The Morgan fingerprint density at radius 3 is 2.94 bits per heavy atom. The molecule has 0 aromatic carbocycles. The summed E-state index contributed by atoms with van der Waals surface area (Å²) in [6, 6.07) is 2.86. The van der Waals surface area contributed by atoms with Crippen molar-refractivity contribution in [2.75, 3.05) is 19.6 Å². The largest absolute Gasteiger partial charge is 0.314 e. The van der Waals surface area contributed by atoms with Crippen LogP contribution in [0.4, 0.5) is 0 Å². The second-order valence-electron chi connectivity index (χ2n) is 5.58. The molecule has 2 heterocycles. The number of nitrogens with zero attached hydrogens (tertiary/aromatic N) is 3. The number of aromatic nitrogens is 2. The van der Waals surface area contributed by atoms with E-state index in [0.717, 1.165) is 38.4 Å². The van der Waals surface area contributed by atoms with Crippen molar-refractivity contribution in [2.45, 2.75) is 46.8 Å². The third kappa shape index (κ3) is 2.93. The van der Waals surface area contributed by atoms with Gasteiger partial charge in [-0.1, -0.05) is 13.8 Å². The molecular weight excluding hydrogens is 224 g/mol. The van der Waals surface area contributed by atoms with Gasteiger partial charge in [0.05, 0.1) is 11.4 Å². The molecular formula is C14H26N4. The molecule has 1 atom stereocenters. The lowest BCUT2D eigenvalue weighted by Crippen LogP contribution is -2.53. The maximum absolute atomic E-state index is 4.54. The molecule has 4 nitrogen and oxygen atoms in total. The van der Waals surface area contributed by atoms with E-state index in [0.29, 0.717) is 12.0 Å². The van der Waals surface area contributed by atoms with E-state index < -0.39 is 0 Å². The Bertz CT molecular complexity index is 383. The van der Waals surface area contributed by atoms with Gasteiger partial charge in [-0.2, -0.15) is 5.10 Å². The van der Waals surface area contributed by atoms with Crippen LogP contribution in [0.2, 0.25) is 0 Å². The number of hydrogen-bond acceptors (Lipinski definition) is 3. The van der Waals surface area contributed by atoms with Gasteiger partial charge in [0.15, 0.2) is 0 Å². The van der Waals surface area contributed by atoms with E-state index in [-0.39, 0.29) is 0 Å². The molecule has 102 valence electrons. The smallest absolute Gasteiger partial charge is 0.0597 e. The first-order valence-electron chi connectivity index (χ1n) is 7.10. The molecule has 0 bridgehead atoms. The highest BCUT2D eigenvalue weighted by Gasteiger charge is 2.25. The van der Waals surface area contributed by atoms with Gasteiger partial charge in [-0.05, 0) is 25.8 Å². The Morgan fingerprint density at radius 2 is 2.28 bits per heavy atom. The first kappa shape index (κ1) is 13.6. The summed E-state index contributed by atoms with van der Waals surface area (Å²) in [7, 11) is 0. The monoisotopic (exact) mass is 250 g/mol. The minimum absolute atomic E-state index is 0.638. The predicted octanol–water partition coefficient (Wildman–Crippen LogP) is 1.64. The van der Waals surface area contributed by atoms with Gasteiger partial charge in [-0.3, -0.25) is 9.58 Å². The number of nitrogens with one attached hydrogen (secondary N) is 1. The lowest BCUT2D eigenvalue weighted by Gasteiger charge is -2.38. The van der Waals surface area contributed by atoms with Crippen molar-refractivity contribution in [1.29, 1.82) is 0 Å². The first-order valence-corrected chi connectivity index (χ1v) is 7.10. The van der Waals surface area contributed by atoms with E-state index in [4.69, 9.17) is 0 Å². The third-order valence-corrected chi connectivity index (χ3v) is 3.82. The van der Waals surface area contributed by atoms with E-state index in [1.807, 2.05) is 0 Å². The molecule has 0 amide bonds. The second kappa shape index (κ2) is 5.85. The fourth-order valence-electron chi connectivity index (χ4n) is 2.83. The molecule has 1 unspecified atom stereocenters. The van der Waals surface area contributed by atoms with E-state index in [2.05, 4.69) is 53.8 Å². The van der Waals surface area contributed by atoms with E-state index in [1.165, 1.54) is 5.69 Å². The standard InChI is InChI=1S/C14H26N4/c1-5-18-13(8-12(4)16-18)10-17-7-6-15-9-14(17)11(2)3/h8,11,14-15H,5-7,9-10H2,1-4H3. The Labute approximate surface area is 110 Å². The van der Waals surface area contributed by atoms with Crippen molar-refractivity contribution in [1.82, 2.24) is 20.0 Å². The van der Waals surface area contributed by atoms with Crippen molar-refractivity contribution >= 4 is 0 Å². The molecule has 1 aromatic heterocycles. The molecule has 1 aromatic rings.